The normalized spacial score (nSPS) is 10.7. The second-order valence-electron chi connectivity index (χ2n) is 5.33. The van der Waals surface area contributed by atoms with Gasteiger partial charge in [0.1, 0.15) is 12.2 Å². The van der Waals surface area contributed by atoms with Gasteiger partial charge in [0.2, 0.25) is 0 Å². The molecule has 134 valence electrons. The number of amides is 1. The predicted molar refractivity (Wildman–Crippen MR) is 93.2 cm³/mol. The number of aryl methyl sites for hydroxylation is 1. The number of rotatable bonds is 8. The van der Waals surface area contributed by atoms with E-state index in [1.54, 1.807) is 25.1 Å². The van der Waals surface area contributed by atoms with Crippen LogP contribution < -0.4 is 5.32 Å². The highest BCUT2D eigenvalue weighted by atomic mass is 35.5. The lowest BCUT2D eigenvalue weighted by atomic mass is 10.1. The molecule has 2 N–H and O–H groups in total. The number of furan rings is 1. The summed E-state index contributed by atoms with van der Waals surface area (Å²) < 4.78 is 10.6. The van der Waals surface area contributed by atoms with Crippen LogP contribution in [0, 0.1) is 6.92 Å². The zero-order chi connectivity index (χ0) is 18.4. The molecule has 0 spiro atoms. The Kier molecular flexibility index (Phi) is 6.87. The lowest BCUT2D eigenvalue weighted by Gasteiger charge is -2.08. The summed E-state index contributed by atoms with van der Waals surface area (Å²) >= 11 is 11.9. The van der Waals surface area contributed by atoms with Crippen molar-refractivity contribution in [1.29, 1.82) is 0 Å². The fraction of sp³-hybridized carbons (Fsp3) is 0.294. The lowest BCUT2D eigenvalue weighted by Crippen LogP contribution is -2.28. The predicted octanol–water partition coefficient (Wildman–Crippen LogP) is 3.47. The first kappa shape index (κ1) is 19.3. The van der Waals surface area contributed by atoms with Crippen LogP contribution in [-0.4, -0.2) is 30.1 Å². The van der Waals surface area contributed by atoms with E-state index in [-0.39, 0.29) is 30.9 Å². The van der Waals surface area contributed by atoms with Gasteiger partial charge in [-0.25, -0.2) is 0 Å². The summed E-state index contributed by atoms with van der Waals surface area (Å²) in [7, 11) is 0. The Morgan fingerprint density at radius 3 is 2.76 bits per heavy atom. The second-order valence-corrected chi connectivity index (χ2v) is 6.18. The van der Waals surface area contributed by atoms with Gasteiger partial charge >= 0.3 is 5.97 Å². The Balaban J connectivity index is 1.81. The van der Waals surface area contributed by atoms with Gasteiger partial charge in [0.15, 0.2) is 0 Å². The number of benzene rings is 1. The van der Waals surface area contributed by atoms with Crippen molar-refractivity contribution in [2.24, 2.45) is 0 Å². The van der Waals surface area contributed by atoms with Gasteiger partial charge in [-0.15, -0.1) is 0 Å². The van der Waals surface area contributed by atoms with Gasteiger partial charge in [0, 0.05) is 22.2 Å². The minimum Gasteiger partial charge on any atom is -0.481 e. The molecule has 1 aromatic heterocycles. The highest BCUT2D eigenvalue weighted by molar-refractivity contribution is 6.35. The molecule has 0 atom stereocenters. The maximum atomic E-state index is 12.2. The lowest BCUT2D eigenvalue weighted by molar-refractivity contribution is -0.136. The number of carboxylic acid groups (broad SMARTS) is 1. The Bertz CT molecular complexity index is 772. The summed E-state index contributed by atoms with van der Waals surface area (Å²) in [5.41, 5.74) is 1.64. The molecule has 0 aliphatic heterocycles. The van der Waals surface area contributed by atoms with Crippen LogP contribution in [0.25, 0.3) is 0 Å². The van der Waals surface area contributed by atoms with E-state index in [2.05, 4.69) is 5.32 Å². The molecule has 2 aromatic rings. The third kappa shape index (κ3) is 5.49. The molecule has 0 aliphatic carbocycles. The van der Waals surface area contributed by atoms with E-state index >= 15 is 0 Å². The van der Waals surface area contributed by atoms with Crippen LogP contribution in [0.5, 0.6) is 0 Å². The summed E-state index contributed by atoms with van der Waals surface area (Å²) in [6, 6.07) is 5.13. The first-order chi connectivity index (χ1) is 11.9. The molecule has 1 amide bonds. The van der Waals surface area contributed by atoms with Crippen LogP contribution in [0.15, 0.2) is 28.9 Å². The van der Waals surface area contributed by atoms with Gasteiger partial charge in [-0.2, -0.15) is 0 Å². The number of halogens is 2. The number of nitrogens with one attached hydrogen (secondary N) is 1. The molecule has 0 fully saturated rings. The molecule has 25 heavy (non-hydrogen) atoms. The quantitative estimate of drug-likeness (QED) is 0.679. The largest absolute Gasteiger partial charge is 0.481 e. The Hall–Kier alpha value is -2.02. The highest BCUT2D eigenvalue weighted by Gasteiger charge is 2.20. The van der Waals surface area contributed by atoms with Crippen molar-refractivity contribution >= 4 is 35.1 Å². The number of hydrogen-bond donors (Lipinski definition) is 2. The third-order valence-electron chi connectivity index (χ3n) is 3.39. The Morgan fingerprint density at radius 1 is 1.32 bits per heavy atom. The number of carboxylic acids is 1. The van der Waals surface area contributed by atoms with Crippen molar-refractivity contribution < 1.29 is 23.8 Å². The van der Waals surface area contributed by atoms with Crippen LogP contribution in [0.3, 0.4) is 0 Å². The number of ether oxygens (including phenoxy) is 1. The van der Waals surface area contributed by atoms with Gasteiger partial charge in [-0.1, -0.05) is 29.3 Å². The maximum absolute atomic E-state index is 12.2. The van der Waals surface area contributed by atoms with Crippen LogP contribution in [-0.2, 0) is 22.6 Å². The average molecular weight is 386 g/mol. The van der Waals surface area contributed by atoms with E-state index in [0.717, 1.165) is 5.56 Å². The zero-order valence-electron chi connectivity index (χ0n) is 13.5. The van der Waals surface area contributed by atoms with Gasteiger partial charge in [-0.05, 0) is 24.6 Å². The third-order valence-corrected chi connectivity index (χ3v) is 3.98. The molecular weight excluding hydrogens is 369 g/mol. The van der Waals surface area contributed by atoms with Crippen molar-refractivity contribution in [3.8, 4) is 0 Å². The zero-order valence-corrected chi connectivity index (χ0v) is 15.0. The van der Waals surface area contributed by atoms with Gasteiger partial charge in [0.05, 0.1) is 25.0 Å². The molecular formula is C17H17Cl2NO5. The number of carbonyl (C=O) groups excluding carboxylic acids is 1. The van der Waals surface area contributed by atoms with Crippen LogP contribution in [0.2, 0.25) is 10.0 Å². The molecule has 1 aromatic carbocycles. The summed E-state index contributed by atoms with van der Waals surface area (Å²) in [5, 5.41) is 12.6. The van der Waals surface area contributed by atoms with E-state index in [1.165, 1.54) is 6.26 Å². The molecule has 0 bridgehead atoms. The molecule has 0 aliphatic rings. The van der Waals surface area contributed by atoms with Crippen LogP contribution in [0.4, 0.5) is 0 Å². The minimum atomic E-state index is -1.06. The smallest absolute Gasteiger partial charge is 0.311 e. The van der Waals surface area contributed by atoms with Gasteiger partial charge in [0.25, 0.3) is 5.91 Å². The van der Waals surface area contributed by atoms with Gasteiger partial charge < -0.3 is 19.6 Å². The summed E-state index contributed by atoms with van der Waals surface area (Å²) in [5.74, 6) is -1.32. The van der Waals surface area contributed by atoms with E-state index in [9.17, 15) is 9.59 Å². The molecule has 0 unspecified atom stereocenters. The fourth-order valence-electron chi connectivity index (χ4n) is 2.22. The average Bonchev–Trinajstić information content (AvgIpc) is 2.88. The van der Waals surface area contributed by atoms with E-state index in [4.69, 9.17) is 37.5 Å². The monoisotopic (exact) mass is 385 g/mol. The minimum absolute atomic E-state index is 0.136. The maximum Gasteiger partial charge on any atom is 0.311 e. The van der Waals surface area contributed by atoms with Crippen molar-refractivity contribution in [2.45, 2.75) is 20.0 Å². The first-order valence-electron chi connectivity index (χ1n) is 7.47. The van der Waals surface area contributed by atoms with Crippen molar-refractivity contribution in [3.05, 3.63) is 57.0 Å². The van der Waals surface area contributed by atoms with E-state index in [1.807, 2.05) is 0 Å². The molecule has 8 heteroatoms. The molecule has 2 rings (SSSR count). The second kappa shape index (κ2) is 8.89. The topological polar surface area (TPSA) is 88.8 Å². The highest BCUT2D eigenvalue weighted by Crippen LogP contribution is 2.21. The Labute approximate surface area is 154 Å². The van der Waals surface area contributed by atoms with E-state index < -0.39 is 11.9 Å². The van der Waals surface area contributed by atoms with Crippen molar-refractivity contribution in [3.63, 3.8) is 0 Å². The van der Waals surface area contributed by atoms with Crippen molar-refractivity contribution in [1.82, 2.24) is 5.32 Å². The van der Waals surface area contributed by atoms with Crippen LogP contribution in [0.1, 0.15) is 27.2 Å². The number of hydrogen-bond acceptors (Lipinski definition) is 4. The molecule has 0 saturated carbocycles. The standard InChI is InChI=1S/C17H17Cl2NO5/c1-10-8-25-14(7-15(21)22)16(10)17(23)20-4-5-24-9-11-2-3-12(18)6-13(11)19/h2-3,6,8H,4-5,7,9H2,1H3,(H,20,23)(H,21,22). The Morgan fingerprint density at radius 2 is 2.08 bits per heavy atom. The fourth-order valence-corrected chi connectivity index (χ4v) is 2.68. The summed E-state index contributed by atoms with van der Waals surface area (Å²) in [4.78, 5) is 23.0. The van der Waals surface area contributed by atoms with Gasteiger partial charge in [-0.3, -0.25) is 9.59 Å². The van der Waals surface area contributed by atoms with E-state index in [0.29, 0.717) is 22.2 Å². The molecule has 0 radical (unpaired) electrons. The SMILES string of the molecule is Cc1coc(CC(=O)O)c1C(=O)NCCOCc1ccc(Cl)cc1Cl. The molecule has 1 heterocycles. The molecule has 6 nitrogen and oxygen atoms in total. The van der Waals surface area contributed by atoms with Crippen molar-refractivity contribution in [2.75, 3.05) is 13.2 Å². The number of aliphatic carboxylic acids is 1. The first-order valence-corrected chi connectivity index (χ1v) is 8.22. The summed E-state index contributed by atoms with van der Waals surface area (Å²) in [6.07, 6.45) is 1.02. The van der Waals surface area contributed by atoms with Crippen LogP contribution >= 0.6 is 23.2 Å². The molecule has 0 saturated heterocycles. The number of carbonyl (C=O) groups is 2. The summed E-state index contributed by atoms with van der Waals surface area (Å²) in [6.45, 7) is 2.51.